The molecule has 0 bridgehead atoms. The van der Waals surface area contributed by atoms with Gasteiger partial charge in [0, 0.05) is 24.5 Å². The smallest absolute Gasteiger partial charge is 0.365 e. The van der Waals surface area contributed by atoms with Crippen molar-refractivity contribution in [2.75, 3.05) is 11.9 Å². The van der Waals surface area contributed by atoms with Crippen LogP contribution in [0.4, 0.5) is 18.9 Å². The number of carbonyl (C=O) groups is 2. The van der Waals surface area contributed by atoms with Gasteiger partial charge in [0.25, 0.3) is 5.78 Å². The average molecular weight is 340 g/mol. The second-order valence-corrected chi connectivity index (χ2v) is 5.94. The number of amides is 1. The van der Waals surface area contributed by atoms with Crippen molar-refractivity contribution in [3.8, 4) is 0 Å². The summed E-state index contributed by atoms with van der Waals surface area (Å²) < 4.78 is 36.7. The Morgan fingerprint density at radius 3 is 2.42 bits per heavy atom. The molecule has 1 aliphatic heterocycles. The van der Waals surface area contributed by atoms with Gasteiger partial charge < -0.3 is 10.2 Å². The van der Waals surface area contributed by atoms with Crippen LogP contribution in [0.1, 0.15) is 24.0 Å². The first-order valence-corrected chi connectivity index (χ1v) is 7.61. The van der Waals surface area contributed by atoms with E-state index in [-0.39, 0.29) is 5.91 Å². The summed E-state index contributed by atoms with van der Waals surface area (Å²) in [6, 6.07) is 5.05. The van der Waals surface area contributed by atoms with Crippen LogP contribution in [-0.4, -0.2) is 35.4 Å². The maximum atomic E-state index is 12.4. The third-order valence-electron chi connectivity index (χ3n) is 3.78. The number of likely N-dealkylation sites (tertiary alicyclic amines) is 1. The van der Waals surface area contributed by atoms with Crippen molar-refractivity contribution < 1.29 is 22.8 Å². The normalized spacial score (nSPS) is 18.2. The highest BCUT2D eigenvalue weighted by molar-refractivity contribution is 5.96. The Morgan fingerprint density at radius 2 is 1.83 bits per heavy atom. The van der Waals surface area contributed by atoms with E-state index < -0.39 is 18.0 Å². The number of nitrogens with one attached hydrogen (secondary N) is 1. The van der Waals surface area contributed by atoms with Crippen LogP contribution < -0.4 is 5.32 Å². The van der Waals surface area contributed by atoms with E-state index in [0.29, 0.717) is 31.1 Å². The molecule has 1 saturated heterocycles. The number of allylic oxidation sites excluding steroid dienone is 1. The van der Waals surface area contributed by atoms with Crippen LogP contribution >= 0.6 is 0 Å². The molecule has 1 fully saturated rings. The minimum Gasteiger partial charge on any atom is -0.365 e. The number of halogens is 3. The summed E-state index contributed by atoms with van der Waals surface area (Å²) >= 11 is 0. The fourth-order valence-corrected chi connectivity index (χ4v) is 2.78. The topological polar surface area (TPSA) is 49.4 Å². The zero-order valence-corrected chi connectivity index (χ0v) is 13.5. The molecule has 1 amide bonds. The van der Waals surface area contributed by atoms with E-state index in [9.17, 15) is 22.8 Å². The molecule has 2 rings (SSSR count). The van der Waals surface area contributed by atoms with Gasteiger partial charge in [-0.2, -0.15) is 13.2 Å². The first-order chi connectivity index (χ1) is 11.2. The lowest BCUT2D eigenvalue weighted by Crippen LogP contribution is -2.36. The van der Waals surface area contributed by atoms with Crippen LogP contribution in [-0.2, 0) is 9.59 Å². The zero-order valence-electron chi connectivity index (χ0n) is 13.5. The second-order valence-electron chi connectivity index (χ2n) is 5.94. The van der Waals surface area contributed by atoms with Gasteiger partial charge in [-0.15, -0.1) is 0 Å². The molecule has 7 heteroatoms. The van der Waals surface area contributed by atoms with E-state index in [4.69, 9.17) is 0 Å². The molecule has 0 aliphatic carbocycles. The molecule has 0 unspecified atom stereocenters. The molecular formula is C17H19F3N2O2. The van der Waals surface area contributed by atoms with Crippen LogP contribution in [0.2, 0.25) is 0 Å². The van der Waals surface area contributed by atoms with Crippen molar-refractivity contribution in [1.82, 2.24) is 4.90 Å². The summed E-state index contributed by atoms with van der Waals surface area (Å²) in [5.41, 5.74) is 2.66. The molecule has 1 atom stereocenters. The molecule has 4 nitrogen and oxygen atoms in total. The molecule has 0 saturated carbocycles. The molecule has 0 spiro atoms. The molecule has 0 aromatic heterocycles. The fraction of sp³-hybridized carbons (Fsp3) is 0.412. The van der Waals surface area contributed by atoms with Crippen LogP contribution in [0.25, 0.3) is 0 Å². The quantitative estimate of drug-likeness (QED) is 0.855. The standard InChI is InChI=1S/C17H19F3N2O2/c1-11-8-12(2)10-13(9-11)21-16(24)14-4-3-6-22(14)7-5-15(23)17(18,19)20/h5,7-10,14H,3-4,6H2,1-2H3,(H,21,24)/b7-5+/t14-/m0/s1. The molecule has 1 aromatic carbocycles. The number of nitrogens with zero attached hydrogens (tertiary/aromatic N) is 1. The second kappa shape index (κ2) is 7.07. The minimum atomic E-state index is -4.90. The van der Waals surface area contributed by atoms with Gasteiger partial charge >= 0.3 is 6.18 Å². The predicted octanol–water partition coefficient (Wildman–Crippen LogP) is 3.35. The van der Waals surface area contributed by atoms with Gasteiger partial charge in [0.05, 0.1) is 0 Å². The van der Waals surface area contributed by atoms with E-state index >= 15 is 0 Å². The maximum absolute atomic E-state index is 12.4. The van der Waals surface area contributed by atoms with Gasteiger partial charge in [-0.1, -0.05) is 6.07 Å². The highest BCUT2D eigenvalue weighted by Crippen LogP contribution is 2.22. The molecule has 1 heterocycles. The van der Waals surface area contributed by atoms with Crippen molar-refractivity contribution in [3.63, 3.8) is 0 Å². The summed E-state index contributed by atoms with van der Waals surface area (Å²) in [5, 5.41) is 2.79. The first-order valence-electron chi connectivity index (χ1n) is 7.61. The maximum Gasteiger partial charge on any atom is 0.454 e. The van der Waals surface area contributed by atoms with Crippen LogP contribution in [0.5, 0.6) is 0 Å². The lowest BCUT2D eigenvalue weighted by molar-refractivity contribution is -0.165. The van der Waals surface area contributed by atoms with E-state index in [2.05, 4.69) is 5.32 Å². The number of rotatable bonds is 4. The number of hydrogen-bond donors (Lipinski definition) is 1. The van der Waals surface area contributed by atoms with E-state index in [0.717, 1.165) is 17.3 Å². The number of anilines is 1. The lowest BCUT2D eigenvalue weighted by Gasteiger charge is -2.22. The lowest BCUT2D eigenvalue weighted by atomic mass is 10.1. The molecule has 0 radical (unpaired) electrons. The summed E-state index contributed by atoms with van der Waals surface area (Å²) in [5.74, 6) is -2.22. The Bertz CT molecular complexity index is 648. The summed E-state index contributed by atoms with van der Waals surface area (Å²) in [4.78, 5) is 24.8. The first kappa shape index (κ1) is 18.0. The molecule has 1 N–H and O–H groups in total. The minimum absolute atomic E-state index is 0.290. The van der Waals surface area contributed by atoms with Crippen molar-refractivity contribution >= 4 is 17.4 Å². The number of hydrogen-bond acceptors (Lipinski definition) is 3. The highest BCUT2D eigenvalue weighted by Gasteiger charge is 2.37. The van der Waals surface area contributed by atoms with Gasteiger partial charge in [0.1, 0.15) is 6.04 Å². The van der Waals surface area contributed by atoms with Crippen LogP contribution in [0, 0.1) is 13.8 Å². The molecule has 24 heavy (non-hydrogen) atoms. The largest absolute Gasteiger partial charge is 0.454 e. The molecular weight excluding hydrogens is 321 g/mol. The predicted molar refractivity (Wildman–Crippen MR) is 84.5 cm³/mol. The summed E-state index contributed by atoms with van der Waals surface area (Å²) in [6.45, 7) is 4.26. The summed E-state index contributed by atoms with van der Waals surface area (Å²) in [6.07, 6.45) is -2.15. The van der Waals surface area contributed by atoms with Crippen molar-refractivity contribution in [1.29, 1.82) is 0 Å². The van der Waals surface area contributed by atoms with E-state index in [1.165, 1.54) is 4.90 Å². The van der Waals surface area contributed by atoms with Gasteiger partial charge in [-0.3, -0.25) is 9.59 Å². The highest BCUT2D eigenvalue weighted by atomic mass is 19.4. The van der Waals surface area contributed by atoms with Crippen LogP contribution in [0.15, 0.2) is 30.5 Å². The number of benzene rings is 1. The van der Waals surface area contributed by atoms with Crippen LogP contribution in [0.3, 0.4) is 0 Å². The SMILES string of the molecule is Cc1cc(C)cc(NC(=O)[C@@H]2CCCN2/C=C/C(=O)C(F)(F)F)c1. The number of alkyl halides is 3. The third kappa shape index (κ3) is 4.59. The zero-order chi connectivity index (χ0) is 17.9. The average Bonchev–Trinajstić information content (AvgIpc) is 2.90. The molecule has 130 valence electrons. The summed E-state index contributed by atoms with van der Waals surface area (Å²) in [7, 11) is 0. The third-order valence-corrected chi connectivity index (χ3v) is 3.78. The number of carbonyl (C=O) groups excluding carboxylic acids is 2. The van der Waals surface area contributed by atoms with E-state index in [1.807, 2.05) is 32.0 Å². The van der Waals surface area contributed by atoms with Gasteiger partial charge in [-0.05, 0) is 49.9 Å². The monoisotopic (exact) mass is 340 g/mol. The Hall–Kier alpha value is -2.31. The van der Waals surface area contributed by atoms with Gasteiger partial charge in [-0.25, -0.2) is 0 Å². The van der Waals surface area contributed by atoms with Crippen molar-refractivity contribution in [3.05, 3.63) is 41.6 Å². The number of aryl methyl sites for hydroxylation is 2. The molecule has 1 aliphatic rings. The Balaban J connectivity index is 2.05. The Morgan fingerprint density at radius 1 is 1.21 bits per heavy atom. The van der Waals surface area contributed by atoms with Crippen molar-refractivity contribution in [2.24, 2.45) is 0 Å². The van der Waals surface area contributed by atoms with Gasteiger partial charge in [0.2, 0.25) is 5.91 Å². The number of ketones is 1. The molecule has 1 aromatic rings. The van der Waals surface area contributed by atoms with Gasteiger partial charge in [0.15, 0.2) is 0 Å². The Kier molecular flexibility index (Phi) is 5.31. The Labute approximate surface area is 138 Å². The fourth-order valence-electron chi connectivity index (χ4n) is 2.78. The van der Waals surface area contributed by atoms with E-state index in [1.54, 1.807) is 0 Å². The van der Waals surface area contributed by atoms with Crippen molar-refractivity contribution in [2.45, 2.75) is 38.9 Å².